The first-order valence-electron chi connectivity index (χ1n) is 4.25. The van der Waals surface area contributed by atoms with Gasteiger partial charge in [-0.25, -0.2) is 9.78 Å². The monoisotopic (exact) mass is 194 g/mol. The Balaban J connectivity index is 2.69. The fourth-order valence-corrected chi connectivity index (χ4v) is 0.918. The van der Waals surface area contributed by atoms with Gasteiger partial charge in [-0.1, -0.05) is 0 Å². The van der Waals surface area contributed by atoms with E-state index in [4.69, 9.17) is 0 Å². The molecule has 0 aliphatic heterocycles. The van der Waals surface area contributed by atoms with Gasteiger partial charge in [0.1, 0.15) is 5.82 Å². The first-order chi connectivity index (χ1) is 6.63. The van der Waals surface area contributed by atoms with Gasteiger partial charge in [-0.15, -0.1) is 0 Å². The number of nitrogens with one attached hydrogen (secondary N) is 2. The van der Waals surface area contributed by atoms with E-state index in [-0.39, 0.29) is 6.03 Å². The smallest absolute Gasteiger partial charge is 0.319 e. The van der Waals surface area contributed by atoms with Crippen LogP contribution < -0.4 is 15.5 Å². The highest BCUT2D eigenvalue weighted by Gasteiger charge is 2.00. The average molecular weight is 194 g/mol. The third kappa shape index (κ3) is 2.62. The van der Waals surface area contributed by atoms with E-state index in [9.17, 15) is 4.79 Å². The zero-order valence-electron chi connectivity index (χ0n) is 8.53. The number of carbonyl (C=O) groups is 1. The Morgan fingerprint density at radius 1 is 1.43 bits per heavy atom. The first-order valence-corrected chi connectivity index (χ1v) is 4.25. The van der Waals surface area contributed by atoms with Gasteiger partial charge in [-0.05, 0) is 12.1 Å². The van der Waals surface area contributed by atoms with Crippen molar-refractivity contribution in [3.63, 3.8) is 0 Å². The minimum Gasteiger partial charge on any atom is -0.363 e. The van der Waals surface area contributed by atoms with Crippen molar-refractivity contribution < 1.29 is 4.79 Å². The van der Waals surface area contributed by atoms with Crippen molar-refractivity contribution in [1.82, 2.24) is 10.3 Å². The van der Waals surface area contributed by atoms with Gasteiger partial charge < -0.3 is 15.5 Å². The summed E-state index contributed by atoms with van der Waals surface area (Å²) in [5.74, 6) is 0.854. The Hall–Kier alpha value is -1.78. The van der Waals surface area contributed by atoms with Gasteiger partial charge >= 0.3 is 6.03 Å². The van der Waals surface area contributed by atoms with Crippen LogP contribution in [0.2, 0.25) is 0 Å². The van der Waals surface area contributed by atoms with Crippen LogP contribution in [0.4, 0.5) is 16.3 Å². The van der Waals surface area contributed by atoms with Gasteiger partial charge in [0, 0.05) is 21.1 Å². The number of hydrogen-bond donors (Lipinski definition) is 2. The zero-order valence-corrected chi connectivity index (χ0v) is 8.53. The molecule has 0 bridgehead atoms. The topological polar surface area (TPSA) is 57.3 Å². The Morgan fingerprint density at radius 2 is 2.14 bits per heavy atom. The summed E-state index contributed by atoms with van der Waals surface area (Å²) in [6.07, 6.45) is 1.62. The summed E-state index contributed by atoms with van der Waals surface area (Å²) in [6, 6.07) is 3.40. The van der Waals surface area contributed by atoms with Gasteiger partial charge in [-0.3, -0.25) is 0 Å². The number of nitrogens with zero attached hydrogens (tertiary/aromatic N) is 2. The average Bonchev–Trinajstić information content (AvgIpc) is 2.18. The molecule has 0 aliphatic rings. The van der Waals surface area contributed by atoms with Crippen LogP contribution in [0.5, 0.6) is 0 Å². The van der Waals surface area contributed by atoms with Crippen LogP contribution in [-0.4, -0.2) is 32.2 Å². The standard InChI is InChI=1S/C9H14N4O/c1-10-9(14)12-7-4-5-8(11-6-7)13(2)3/h4-6H,1-3H3,(H2,10,12,14). The van der Waals surface area contributed by atoms with E-state index in [0.29, 0.717) is 5.69 Å². The summed E-state index contributed by atoms with van der Waals surface area (Å²) in [6.45, 7) is 0. The van der Waals surface area contributed by atoms with Crippen LogP contribution in [-0.2, 0) is 0 Å². The molecule has 1 heterocycles. The number of aromatic nitrogens is 1. The SMILES string of the molecule is CNC(=O)Nc1ccc(N(C)C)nc1. The van der Waals surface area contributed by atoms with E-state index in [1.807, 2.05) is 25.1 Å². The van der Waals surface area contributed by atoms with E-state index >= 15 is 0 Å². The molecule has 2 amide bonds. The van der Waals surface area contributed by atoms with E-state index in [1.54, 1.807) is 19.3 Å². The second kappa shape index (κ2) is 4.45. The summed E-state index contributed by atoms with van der Waals surface area (Å²) in [5, 5.41) is 5.09. The van der Waals surface area contributed by atoms with Crippen molar-refractivity contribution >= 4 is 17.5 Å². The molecule has 0 fully saturated rings. The lowest BCUT2D eigenvalue weighted by Crippen LogP contribution is -2.24. The van der Waals surface area contributed by atoms with Crippen molar-refractivity contribution in [2.45, 2.75) is 0 Å². The predicted octanol–water partition coefficient (Wildman–Crippen LogP) is 0.899. The van der Waals surface area contributed by atoms with Crippen molar-refractivity contribution in [3.05, 3.63) is 18.3 Å². The van der Waals surface area contributed by atoms with Gasteiger partial charge in [0.2, 0.25) is 0 Å². The molecule has 0 aromatic carbocycles. The minimum absolute atomic E-state index is 0.246. The second-order valence-electron chi connectivity index (χ2n) is 3.00. The molecule has 1 rings (SSSR count). The van der Waals surface area contributed by atoms with Crippen LogP contribution in [0, 0.1) is 0 Å². The van der Waals surface area contributed by atoms with Crippen LogP contribution in [0.25, 0.3) is 0 Å². The molecule has 0 radical (unpaired) electrons. The Labute approximate surface area is 83.1 Å². The number of pyridine rings is 1. The van der Waals surface area contributed by atoms with Crippen LogP contribution in [0.1, 0.15) is 0 Å². The molecule has 1 aromatic rings. The molecule has 14 heavy (non-hydrogen) atoms. The van der Waals surface area contributed by atoms with Gasteiger partial charge in [0.15, 0.2) is 0 Å². The third-order valence-corrected chi connectivity index (χ3v) is 1.69. The molecule has 0 aliphatic carbocycles. The van der Waals surface area contributed by atoms with Gasteiger partial charge in [-0.2, -0.15) is 0 Å². The lowest BCUT2D eigenvalue weighted by atomic mass is 10.4. The quantitative estimate of drug-likeness (QED) is 0.735. The normalized spacial score (nSPS) is 9.36. The molecular formula is C9H14N4O. The van der Waals surface area contributed by atoms with Crippen LogP contribution >= 0.6 is 0 Å². The summed E-state index contributed by atoms with van der Waals surface area (Å²) in [5.41, 5.74) is 0.676. The number of hydrogen-bond acceptors (Lipinski definition) is 3. The molecule has 2 N–H and O–H groups in total. The molecule has 0 unspecified atom stereocenters. The molecule has 0 atom stereocenters. The number of urea groups is 1. The van der Waals surface area contributed by atoms with E-state index in [0.717, 1.165) is 5.82 Å². The lowest BCUT2D eigenvalue weighted by Gasteiger charge is -2.11. The van der Waals surface area contributed by atoms with Gasteiger partial charge in [0.25, 0.3) is 0 Å². The number of amides is 2. The summed E-state index contributed by atoms with van der Waals surface area (Å²) < 4.78 is 0. The van der Waals surface area contributed by atoms with Crippen molar-refractivity contribution in [3.8, 4) is 0 Å². The molecule has 1 aromatic heterocycles. The van der Waals surface area contributed by atoms with E-state index in [2.05, 4.69) is 15.6 Å². The molecule has 0 spiro atoms. The second-order valence-corrected chi connectivity index (χ2v) is 3.00. The first kappa shape index (κ1) is 10.3. The Kier molecular flexibility index (Phi) is 3.28. The number of rotatable bonds is 2. The molecule has 5 heteroatoms. The predicted molar refractivity (Wildman–Crippen MR) is 56.6 cm³/mol. The summed E-state index contributed by atoms with van der Waals surface area (Å²) in [7, 11) is 5.39. The maximum atomic E-state index is 10.9. The molecule has 76 valence electrons. The van der Waals surface area contributed by atoms with Crippen molar-refractivity contribution in [2.24, 2.45) is 0 Å². The third-order valence-electron chi connectivity index (χ3n) is 1.69. The van der Waals surface area contributed by atoms with Crippen LogP contribution in [0.15, 0.2) is 18.3 Å². The zero-order chi connectivity index (χ0) is 10.6. The number of carbonyl (C=O) groups excluding carboxylic acids is 1. The lowest BCUT2D eigenvalue weighted by molar-refractivity contribution is 0.254. The highest BCUT2D eigenvalue weighted by atomic mass is 16.2. The van der Waals surface area contributed by atoms with Crippen molar-refractivity contribution in [1.29, 1.82) is 0 Å². The number of anilines is 2. The molecule has 0 saturated heterocycles. The Morgan fingerprint density at radius 3 is 2.57 bits per heavy atom. The van der Waals surface area contributed by atoms with Crippen LogP contribution in [0.3, 0.4) is 0 Å². The highest BCUT2D eigenvalue weighted by Crippen LogP contribution is 2.11. The van der Waals surface area contributed by atoms with Gasteiger partial charge in [0.05, 0.1) is 11.9 Å². The molecular weight excluding hydrogens is 180 g/mol. The van der Waals surface area contributed by atoms with E-state index in [1.165, 1.54) is 0 Å². The molecule has 5 nitrogen and oxygen atoms in total. The maximum Gasteiger partial charge on any atom is 0.319 e. The molecule has 0 saturated carbocycles. The minimum atomic E-state index is -0.246. The largest absolute Gasteiger partial charge is 0.363 e. The fourth-order valence-electron chi connectivity index (χ4n) is 0.918. The fraction of sp³-hybridized carbons (Fsp3) is 0.333. The highest BCUT2D eigenvalue weighted by molar-refractivity contribution is 5.88. The van der Waals surface area contributed by atoms with E-state index < -0.39 is 0 Å². The Bertz CT molecular complexity index is 307. The summed E-state index contributed by atoms with van der Waals surface area (Å²) >= 11 is 0. The van der Waals surface area contributed by atoms with Crippen molar-refractivity contribution in [2.75, 3.05) is 31.4 Å². The maximum absolute atomic E-state index is 10.9. The summed E-state index contributed by atoms with van der Waals surface area (Å²) in [4.78, 5) is 17.0.